The lowest BCUT2D eigenvalue weighted by Crippen LogP contribution is -2.42. The highest BCUT2D eigenvalue weighted by atomic mass is 16.5. The van der Waals surface area contributed by atoms with Crippen LogP contribution < -0.4 is 9.47 Å². The fourth-order valence-electron chi connectivity index (χ4n) is 8.06. The molecule has 0 N–H and O–H groups in total. The number of hydrogen-bond acceptors (Lipinski definition) is 4. The summed E-state index contributed by atoms with van der Waals surface area (Å²) in [5.74, 6) is 2.81. The van der Waals surface area contributed by atoms with E-state index in [-0.39, 0.29) is 0 Å². The van der Waals surface area contributed by atoms with Crippen LogP contribution in [0.1, 0.15) is 139 Å². The van der Waals surface area contributed by atoms with E-state index < -0.39 is 5.54 Å². The highest BCUT2D eigenvalue weighted by Crippen LogP contribution is 2.54. The molecule has 0 saturated heterocycles. The van der Waals surface area contributed by atoms with Crippen LogP contribution in [0.15, 0.2) is 72.3 Å². The number of allylic oxidation sites excluding steroid dienone is 1. The van der Waals surface area contributed by atoms with E-state index in [1.165, 1.54) is 119 Å². The fourth-order valence-corrected chi connectivity index (χ4v) is 8.06. The van der Waals surface area contributed by atoms with Gasteiger partial charge in [-0.05, 0) is 61.2 Å². The summed E-state index contributed by atoms with van der Waals surface area (Å²) in [5, 5.41) is 9.59. The van der Waals surface area contributed by atoms with Crippen LogP contribution >= 0.6 is 0 Å². The van der Waals surface area contributed by atoms with Gasteiger partial charge in [0.05, 0.1) is 12.6 Å². The lowest BCUT2D eigenvalue weighted by molar-refractivity contribution is 0.297. The normalized spacial score (nSPS) is 16.9. The van der Waals surface area contributed by atoms with Crippen LogP contribution in [0.2, 0.25) is 0 Å². The molecule has 6 rings (SSSR count). The van der Waals surface area contributed by atoms with E-state index in [0.717, 1.165) is 54.0 Å². The van der Waals surface area contributed by atoms with Gasteiger partial charge in [0.25, 0.3) is 0 Å². The Labute approximate surface area is 282 Å². The summed E-state index contributed by atoms with van der Waals surface area (Å²) in [6.07, 6.45) is 24.7. The summed E-state index contributed by atoms with van der Waals surface area (Å²) in [6, 6.07) is 23.4. The van der Waals surface area contributed by atoms with Crippen LogP contribution in [0.5, 0.6) is 11.5 Å². The number of methoxy groups -OCH3 is 1. The van der Waals surface area contributed by atoms with Crippen LogP contribution in [0, 0.1) is 0 Å². The summed E-state index contributed by atoms with van der Waals surface area (Å²) >= 11 is 0. The molecule has 2 aliphatic rings. The molecule has 1 atom stereocenters. The van der Waals surface area contributed by atoms with Crippen LogP contribution in [0.25, 0.3) is 16.8 Å². The third kappa shape index (κ3) is 7.45. The van der Waals surface area contributed by atoms with Crippen molar-refractivity contribution in [3.63, 3.8) is 0 Å². The number of unbranched alkanes of at least 4 members (excludes halogenated alkanes) is 15. The predicted octanol–water partition coefficient (Wildman–Crippen LogP) is 11.6. The molecule has 2 heterocycles. The molecule has 1 aliphatic heterocycles. The largest absolute Gasteiger partial charge is 0.497 e. The zero-order valence-electron chi connectivity index (χ0n) is 28.9. The van der Waals surface area contributed by atoms with Crippen LogP contribution in [-0.4, -0.2) is 22.1 Å². The van der Waals surface area contributed by atoms with Crippen molar-refractivity contribution in [2.75, 3.05) is 7.11 Å². The zero-order valence-corrected chi connectivity index (χ0v) is 28.9. The van der Waals surface area contributed by atoms with E-state index in [2.05, 4.69) is 83.4 Å². The number of aromatic nitrogens is 3. The summed E-state index contributed by atoms with van der Waals surface area (Å²) in [4.78, 5) is 0. The average Bonchev–Trinajstić information content (AvgIpc) is 3.55. The van der Waals surface area contributed by atoms with Crippen molar-refractivity contribution in [2.24, 2.45) is 0 Å². The lowest BCUT2D eigenvalue weighted by atomic mass is 9.71. The molecule has 1 unspecified atom stereocenters. The SMILES string of the molecule is CCCCCCCCCCCCCCCCCCC1(n2nnc3ccccc32)C2=C(Oc3ccccc31)c1ccc(OC)cc1CC2. The maximum Gasteiger partial charge on any atom is 0.136 e. The molecule has 0 fully saturated rings. The molecular formula is C42H55N3O2. The van der Waals surface area contributed by atoms with Crippen molar-refractivity contribution >= 4 is 16.8 Å². The van der Waals surface area contributed by atoms with Gasteiger partial charge in [-0.15, -0.1) is 5.10 Å². The first kappa shape index (κ1) is 33.3. The molecule has 0 saturated carbocycles. The first-order chi connectivity index (χ1) is 23.3. The molecule has 0 amide bonds. The molecule has 1 aliphatic carbocycles. The monoisotopic (exact) mass is 633 g/mol. The Balaban J connectivity index is 1.13. The molecule has 0 spiro atoms. The van der Waals surface area contributed by atoms with E-state index >= 15 is 0 Å². The molecule has 5 heteroatoms. The Morgan fingerprint density at radius 2 is 1.36 bits per heavy atom. The van der Waals surface area contributed by atoms with Gasteiger partial charge in [-0.1, -0.05) is 145 Å². The van der Waals surface area contributed by atoms with Crippen molar-refractivity contribution in [3.8, 4) is 11.5 Å². The summed E-state index contributed by atoms with van der Waals surface area (Å²) in [6.45, 7) is 2.30. The fraction of sp³-hybridized carbons (Fsp3) is 0.524. The van der Waals surface area contributed by atoms with Crippen molar-refractivity contribution in [1.82, 2.24) is 15.0 Å². The van der Waals surface area contributed by atoms with E-state index in [0.29, 0.717) is 0 Å². The number of ether oxygens (including phenoxy) is 2. The second-order valence-electron chi connectivity index (χ2n) is 13.8. The Morgan fingerprint density at radius 3 is 2.06 bits per heavy atom. The predicted molar refractivity (Wildman–Crippen MR) is 194 cm³/mol. The number of hydrogen-bond donors (Lipinski definition) is 0. The number of nitrogens with zero attached hydrogens (tertiary/aromatic N) is 3. The molecule has 4 aromatic rings. The van der Waals surface area contributed by atoms with Gasteiger partial charge in [-0.3, -0.25) is 0 Å². The standard InChI is InChI=1S/C42H55N3O2/c1-3-4-5-6-7-8-9-10-11-12-13-14-15-16-17-22-31-42(45-39-25-20-19-24-38(39)43-44-45)36-23-18-21-26-40(36)47-41-35-29-28-34(46-2)32-33(35)27-30-37(41)42/h18-21,23-26,28-29,32H,3-17,22,27,30-31H2,1-2H3. The van der Waals surface area contributed by atoms with E-state index in [9.17, 15) is 0 Å². The van der Waals surface area contributed by atoms with Gasteiger partial charge >= 0.3 is 0 Å². The van der Waals surface area contributed by atoms with Crippen molar-refractivity contribution in [1.29, 1.82) is 0 Å². The molecule has 0 bridgehead atoms. The van der Waals surface area contributed by atoms with Gasteiger partial charge in [0, 0.05) is 16.7 Å². The van der Waals surface area contributed by atoms with E-state index in [1.54, 1.807) is 7.11 Å². The molecule has 3 aromatic carbocycles. The number of benzene rings is 3. The first-order valence-electron chi connectivity index (χ1n) is 18.8. The Morgan fingerprint density at radius 1 is 0.723 bits per heavy atom. The zero-order chi connectivity index (χ0) is 32.3. The van der Waals surface area contributed by atoms with Crippen molar-refractivity contribution in [3.05, 3.63) is 89.0 Å². The van der Waals surface area contributed by atoms with E-state index in [1.807, 2.05) is 0 Å². The maximum absolute atomic E-state index is 6.81. The highest BCUT2D eigenvalue weighted by molar-refractivity contribution is 5.79. The highest BCUT2D eigenvalue weighted by Gasteiger charge is 2.48. The number of fused-ring (bicyclic) bond motifs is 4. The third-order valence-electron chi connectivity index (χ3n) is 10.6. The van der Waals surface area contributed by atoms with Crippen molar-refractivity contribution in [2.45, 2.75) is 134 Å². The summed E-state index contributed by atoms with van der Waals surface area (Å²) < 4.78 is 14.6. The van der Waals surface area contributed by atoms with Gasteiger partial charge in [0.2, 0.25) is 0 Å². The smallest absolute Gasteiger partial charge is 0.136 e. The van der Waals surface area contributed by atoms with Crippen LogP contribution in [0.3, 0.4) is 0 Å². The molecule has 47 heavy (non-hydrogen) atoms. The molecule has 1 aromatic heterocycles. The number of aryl methyl sites for hydroxylation is 1. The van der Waals surface area contributed by atoms with Gasteiger partial charge < -0.3 is 9.47 Å². The average molecular weight is 634 g/mol. The second kappa shape index (κ2) is 16.5. The van der Waals surface area contributed by atoms with Crippen LogP contribution in [-0.2, 0) is 12.0 Å². The third-order valence-corrected chi connectivity index (χ3v) is 10.6. The van der Waals surface area contributed by atoms with Crippen LogP contribution in [0.4, 0.5) is 0 Å². The summed E-state index contributed by atoms with van der Waals surface area (Å²) in [5.41, 5.74) is 6.54. The number of para-hydroxylation sites is 2. The maximum atomic E-state index is 6.81. The van der Waals surface area contributed by atoms with E-state index in [4.69, 9.17) is 14.7 Å². The number of rotatable bonds is 19. The first-order valence-corrected chi connectivity index (χ1v) is 18.8. The minimum Gasteiger partial charge on any atom is -0.497 e. The Bertz CT molecular complexity index is 1620. The minimum atomic E-state index is -0.450. The topological polar surface area (TPSA) is 49.2 Å². The van der Waals surface area contributed by atoms with Crippen molar-refractivity contribution < 1.29 is 9.47 Å². The molecule has 5 nitrogen and oxygen atoms in total. The quantitative estimate of drug-likeness (QED) is 0.0964. The Hall–Kier alpha value is -3.60. The van der Waals surface area contributed by atoms with Gasteiger partial charge in [-0.25, -0.2) is 4.68 Å². The molecule has 250 valence electrons. The Kier molecular flexibility index (Phi) is 11.7. The van der Waals surface area contributed by atoms with Gasteiger partial charge in [0.1, 0.15) is 28.3 Å². The molecule has 0 radical (unpaired) electrons. The summed E-state index contributed by atoms with van der Waals surface area (Å²) in [7, 11) is 1.74. The lowest BCUT2D eigenvalue weighted by Gasteiger charge is -2.44. The minimum absolute atomic E-state index is 0.450. The van der Waals surface area contributed by atoms with Gasteiger partial charge in [0.15, 0.2) is 0 Å². The van der Waals surface area contributed by atoms with Gasteiger partial charge in [-0.2, -0.15) is 0 Å². The molecular weight excluding hydrogens is 578 g/mol. The second-order valence-corrected chi connectivity index (χ2v) is 13.8.